The largest absolute Gasteiger partial charge is 0.451 e. The van der Waals surface area contributed by atoms with E-state index in [1.165, 1.54) is 4.70 Å². The fourth-order valence-corrected chi connectivity index (χ4v) is 4.76. The number of fused-ring (bicyclic) bond motifs is 2. The zero-order valence-corrected chi connectivity index (χ0v) is 16.2. The molecule has 0 radical (unpaired) electrons. The molecule has 2 aromatic carbocycles. The van der Waals surface area contributed by atoms with Gasteiger partial charge in [-0.05, 0) is 43.0 Å². The van der Waals surface area contributed by atoms with E-state index in [0.29, 0.717) is 18.2 Å². The zero-order chi connectivity index (χ0) is 18.9. The SMILES string of the molecule is O=C(NCC1CCN(c2nc3ccccc3s2)CC1)c1cc2ccccc2o1. The smallest absolute Gasteiger partial charge is 0.287 e. The molecule has 1 N–H and O–H groups in total. The maximum absolute atomic E-state index is 12.4. The van der Waals surface area contributed by atoms with Gasteiger partial charge in [0, 0.05) is 25.0 Å². The van der Waals surface area contributed by atoms with Crippen LogP contribution in [0.5, 0.6) is 0 Å². The van der Waals surface area contributed by atoms with Crippen molar-refractivity contribution < 1.29 is 9.21 Å². The highest BCUT2D eigenvalue weighted by Gasteiger charge is 2.22. The molecule has 4 aromatic rings. The van der Waals surface area contributed by atoms with E-state index < -0.39 is 0 Å². The van der Waals surface area contributed by atoms with Gasteiger partial charge < -0.3 is 14.6 Å². The Hall–Kier alpha value is -2.86. The quantitative estimate of drug-likeness (QED) is 0.548. The van der Waals surface area contributed by atoms with Crippen LogP contribution in [-0.2, 0) is 0 Å². The van der Waals surface area contributed by atoms with Gasteiger partial charge in [0.2, 0.25) is 0 Å². The average molecular weight is 391 g/mol. The average Bonchev–Trinajstić information content (AvgIpc) is 3.36. The summed E-state index contributed by atoms with van der Waals surface area (Å²) in [5, 5.41) is 5.10. The van der Waals surface area contributed by atoms with Crippen LogP contribution in [0.15, 0.2) is 59.0 Å². The minimum atomic E-state index is -0.134. The molecule has 5 rings (SSSR count). The molecule has 2 aromatic heterocycles. The molecule has 0 spiro atoms. The zero-order valence-electron chi connectivity index (χ0n) is 15.4. The number of carbonyl (C=O) groups excluding carboxylic acids is 1. The first-order valence-corrected chi connectivity index (χ1v) is 10.5. The van der Waals surface area contributed by atoms with Crippen LogP contribution in [0.2, 0.25) is 0 Å². The van der Waals surface area contributed by atoms with Gasteiger partial charge in [-0.2, -0.15) is 0 Å². The number of thiazole rings is 1. The van der Waals surface area contributed by atoms with E-state index in [0.717, 1.165) is 47.5 Å². The van der Waals surface area contributed by atoms with Crippen molar-refractivity contribution in [3.05, 3.63) is 60.4 Å². The summed E-state index contributed by atoms with van der Waals surface area (Å²) in [6.45, 7) is 2.64. The lowest BCUT2D eigenvalue weighted by Crippen LogP contribution is -2.38. The number of aromatic nitrogens is 1. The van der Waals surface area contributed by atoms with Crippen LogP contribution in [0, 0.1) is 5.92 Å². The normalized spacial score (nSPS) is 15.4. The van der Waals surface area contributed by atoms with Crippen molar-refractivity contribution in [1.29, 1.82) is 0 Å². The highest BCUT2D eigenvalue weighted by Crippen LogP contribution is 2.31. The molecule has 5 nitrogen and oxygen atoms in total. The number of benzene rings is 2. The van der Waals surface area contributed by atoms with E-state index >= 15 is 0 Å². The summed E-state index contributed by atoms with van der Waals surface area (Å²) in [6.07, 6.45) is 2.10. The van der Waals surface area contributed by atoms with Crippen LogP contribution in [0.3, 0.4) is 0 Å². The topological polar surface area (TPSA) is 58.4 Å². The van der Waals surface area contributed by atoms with Crippen LogP contribution in [0.1, 0.15) is 23.4 Å². The molecule has 3 heterocycles. The van der Waals surface area contributed by atoms with Crippen LogP contribution < -0.4 is 10.2 Å². The second-order valence-corrected chi connectivity index (χ2v) is 8.26. The molecule has 0 bridgehead atoms. The van der Waals surface area contributed by atoms with E-state index in [4.69, 9.17) is 9.40 Å². The highest BCUT2D eigenvalue weighted by atomic mass is 32.1. The molecule has 1 fully saturated rings. The molecule has 0 atom stereocenters. The van der Waals surface area contributed by atoms with Crippen LogP contribution >= 0.6 is 11.3 Å². The van der Waals surface area contributed by atoms with Crippen LogP contribution in [0.4, 0.5) is 5.13 Å². The molecule has 142 valence electrons. The summed E-state index contributed by atoms with van der Waals surface area (Å²) in [7, 11) is 0. The van der Waals surface area contributed by atoms with Gasteiger partial charge in [-0.25, -0.2) is 4.98 Å². The lowest BCUT2D eigenvalue weighted by molar-refractivity contribution is 0.0919. The Balaban J connectivity index is 1.16. The maximum atomic E-state index is 12.4. The van der Waals surface area contributed by atoms with E-state index in [-0.39, 0.29) is 5.91 Å². The number of para-hydroxylation sites is 2. The number of anilines is 1. The van der Waals surface area contributed by atoms with Crippen molar-refractivity contribution in [3.63, 3.8) is 0 Å². The standard InChI is InChI=1S/C22H21N3O2S/c26-21(19-13-16-5-1-3-7-18(16)27-19)23-14-15-9-11-25(12-10-15)22-24-17-6-2-4-8-20(17)28-22/h1-8,13,15H,9-12,14H2,(H,23,26). The third kappa shape index (κ3) is 3.36. The molecule has 1 aliphatic heterocycles. The van der Waals surface area contributed by atoms with E-state index in [2.05, 4.69) is 28.4 Å². The van der Waals surface area contributed by atoms with Crippen LogP contribution in [-0.4, -0.2) is 30.5 Å². The third-order valence-electron chi connectivity index (χ3n) is 5.37. The first-order chi connectivity index (χ1) is 13.8. The van der Waals surface area contributed by atoms with Gasteiger partial charge in [-0.3, -0.25) is 4.79 Å². The summed E-state index contributed by atoms with van der Waals surface area (Å²) in [6, 6.07) is 17.8. The molecular weight excluding hydrogens is 370 g/mol. The van der Waals surface area contributed by atoms with Gasteiger partial charge in [-0.15, -0.1) is 0 Å². The number of hydrogen-bond acceptors (Lipinski definition) is 5. The van der Waals surface area contributed by atoms with Gasteiger partial charge in [0.25, 0.3) is 5.91 Å². The summed E-state index contributed by atoms with van der Waals surface area (Å²) in [5.41, 5.74) is 1.82. The van der Waals surface area contributed by atoms with Gasteiger partial charge in [0.1, 0.15) is 5.58 Å². The van der Waals surface area contributed by atoms with Crippen molar-refractivity contribution in [2.45, 2.75) is 12.8 Å². The van der Waals surface area contributed by atoms with E-state index in [1.807, 2.05) is 30.3 Å². The number of piperidine rings is 1. The molecule has 1 amide bonds. The first kappa shape index (κ1) is 17.3. The third-order valence-corrected chi connectivity index (χ3v) is 6.47. The molecule has 1 saturated heterocycles. The first-order valence-electron chi connectivity index (χ1n) is 9.63. The Bertz CT molecular complexity index is 1060. The number of nitrogens with zero attached hydrogens (tertiary/aromatic N) is 2. The molecule has 0 unspecified atom stereocenters. The summed E-state index contributed by atoms with van der Waals surface area (Å²) in [5.74, 6) is 0.733. The fraction of sp³-hybridized carbons (Fsp3) is 0.273. The van der Waals surface area contributed by atoms with Crippen molar-refractivity contribution in [2.24, 2.45) is 5.92 Å². The van der Waals surface area contributed by atoms with Gasteiger partial charge in [0.15, 0.2) is 10.9 Å². The molecule has 0 aliphatic carbocycles. The molecule has 28 heavy (non-hydrogen) atoms. The van der Waals surface area contributed by atoms with Gasteiger partial charge in [0.05, 0.1) is 10.2 Å². The molecular formula is C22H21N3O2S. The molecule has 1 aliphatic rings. The van der Waals surface area contributed by atoms with E-state index in [9.17, 15) is 4.79 Å². The number of carbonyl (C=O) groups is 1. The fourth-order valence-electron chi connectivity index (χ4n) is 3.74. The summed E-state index contributed by atoms with van der Waals surface area (Å²) in [4.78, 5) is 19.5. The predicted octanol–water partition coefficient (Wildman–Crippen LogP) is 4.69. The maximum Gasteiger partial charge on any atom is 0.287 e. The van der Waals surface area contributed by atoms with Gasteiger partial charge in [-0.1, -0.05) is 41.7 Å². The Labute approximate surface area is 167 Å². The molecule has 0 saturated carbocycles. The minimum Gasteiger partial charge on any atom is -0.451 e. The number of rotatable bonds is 4. The molecule has 6 heteroatoms. The number of amides is 1. The minimum absolute atomic E-state index is 0.134. The van der Waals surface area contributed by atoms with E-state index in [1.54, 1.807) is 17.4 Å². The second-order valence-electron chi connectivity index (χ2n) is 7.25. The second kappa shape index (κ2) is 7.28. The highest BCUT2D eigenvalue weighted by molar-refractivity contribution is 7.22. The van der Waals surface area contributed by atoms with Crippen LogP contribution in [0.25, 0.3) is 21.2 Å². The number of nitrogens with one attached hydrogen (secondary N) is 1. The predicted molar refractivity (Wildman–Crippen MR) is 113 cm³/mol. The Morgan fingerprint density at radius 1 is 1.14 bits per heavy atom. The lowest BCUT2D eigenvalue weighted by atomic mass is 9.97. The lowest BCUT2D eigenvalue weighted by Gasteiger charge is -2.31. The van der Waals surface area contributed by atoms with Crippen molar-refractivity contribution in [2.75, 3.05) is 24.5 Å². The Morgan fingerprint density at radius 3 is 2.75 bits per heavy atom. The number of hydrogen-bond donors (Lipinski definition) is 1. The van der Waals surface area contributed by atoms with Crippen molar-refractivity contribution >= 4 is 43.6 Å². The Kier molecular flexibility index (Phi) is 4.49. The van der Waals surface area contributed by atoms with Gasteiger partial charge >= 0.3 is 0 Å². The monoisotopic (exact) mass is 391 g/mol. The van der Waals surface area contributed by atoms with Crippen molar-refractivity contribution in [3.8, 4) is 0 Å². The number of furan rings is 1. The Morgan fingerprint density at radius 2 is 1.93 bits per heavy atom. The summed E-state index contributed by atoms with van der Waals surface area (Å²) < 4.78 is 6.88. The summed E-state index contributed by atoms with van der Waals surface area (Å²) >= 11 is 1.76. The van der Waals surface area contributed by atoms with Crippen molar-refractivity contribution in [1.82, 2.24) is 10.3 Å².